The Kier molecular flexibility index (Phi) is 5.78. The predicted octanol–water partition coefficient (Wildman–Crippen LogP) is 2.00. The van der Waals surface area contributed by atoms with E-state index >= 15 is 0 Å². The van der Waals surface area contributed by atoms with E-state index < -0.39 is 12.1 Å². The van der Waals surface area contributed by atoms with Gasteiger partial charge in [0.1, 0.15) is 6.04 Å². The third-order valence-corrected chi connectivity index (χ3v) is 3.61. The number of aromatic nitrogens is 1. The van der Waals surface area contributed by atoms with Crippen LogP contribution in [0, 0.1) is 0 Å². The molecule has 2 rings (SSSR count). The molecule has 1 unspecified atom stereocenters. The van der Waals surface area contributed by atoms with Gasteiger partial charge in [-0.1, -0.05) is 0 Å². The molecular formula is C16H24N4O3. The van der Waals surface area contributed by atoms with Crippen molar-refractivity contribution in [3.63, 3.8) is 0 Å². The smallest absolute Gasteiger partial charge is 0.319 e. The number of nitrogens with zero attached hydrogens (tertiary/aromatic N) is 2. The van der Waals surface area contributed by atoms with Crippen molar-refractivity contribution in [2.75, 3.05) is 18.4 Å². The van der Waals surface area contributed by atoms with Gasteiger partial charge in [0.05, 0.1) is 18.0 Å². The Labute approximate surface area is 136 Å². The maximum atomic E-state index is 12.2. The second-order valence-corrected chi connectivity index (χ2v) is 5.75. The zero-order valence-electron chi connectivity index (χ0n) is 13.8. The molecule has 3 amide bonds. The molecule has 23 heavy (non-hydrogen) atoms. The molecule has 126 valence electrons. The molecule has 7 heteroatoms. The molecule has 2 N–H and O–H groups in total. The van der Waals surface area contributed by atoms with Gasteiger partial charge in [-0.25, -0.2) is 4.79 Å². The number of hydrogen-bond donors (Lipinski definition) is 2. The van der Waals surface area contributed by atoms with Gasteiger partial charge in [-0.2, -0.15) is 0 Å². The molecule has 1 aromatic heterocycles. The van der Waals surface area contributed by atoms with E-state index in [4.69, 9.17) is 4.74 Å². The maximum Gasteiger partial charge on any atom is 0.319 e. The molecule has 0 radical (unpaired) electrons. The van der Waals surface area contributed by atoms with Gasteiger partial charge in [0.15, 0.2) is 5.75 Å². The average molecular weight is 320 g/mol. The molecule has 1 aliphatic heterocycles. The number of piperidine rings is 1. The number of amides is 3. The number of carbonyl (C=O) groups is 2. The van der Waals surface area contributed by atoms with E-state index in [-0.39, 0.29) is 12.0 Å². The lowest BCUT2D eigenvalue weighted by Crippen LogP contribution is -2.53. The molecule has 0 aromatic carbocycles. The van der Waals surface area contributed by atoms with Gasteiger partial charge in [0.2, 0.25) is 5.91 Å². The van der Waals surface area contributed by atoms with Gasteiger partial charge in [-0.3, -0.25) is 9.78 Å². The number of likely N-dealkylation sites (N-methyl/N-ethyl adjacent to an activating group) is 1. The van der Waals surface area contributed by atoms with E-state index in [1.54, 1.807) is 23.4 Å². The normalized spacial score (nSPS) is 18.0. The van der Waals surface area contributed by atoms with Crippen LogP contribution in [0.4, 0.5) is 10.5 Å². The van der Waals surface area contributed by atoms with Crippen LogP contribution in [0.5, 0.6) is 5.75 Å². The van der Waals surface area contributed by atoms with Crippen LogP contribution in [0.25, 0.3) is 0 Å². The molecule has 1 aliphatic rings. The van der Waals surface area contributed by atoms with Crippen LogP contribution in [-0.2, 0) is 4.79 Å². The van der Waals surface area contributed by atoms with Crippen LogP contribution in [0.2, 0.25) is 0 Å². The summed E-state index contributed by atoms with van der Waals surface area (Å²) < 4.78 is 5.61. The number of rotatable bonds is 5. The zero-order chi connectivity index (χ0) is 16.8. The molecule has 2 heterocycles. The molecule has 0 bridgehead atoms. The Morgan fingerprint density at radius 2 is 2.30 bits per heavy atom. The van der Waals surface area contributed by atoms with Crippen LogP contribution in [0.15, 0.2) is 18.5 Å². The molecule has 1 fully saturated rings. The average Bonchev–Trinajstić information content (AvgIpc) is 2.51. The van der Waals surface area contributed by atoms with Crippen molar-refractivity contribution in [3.8, 4) is 5.75 Å². The summed E-state index contributed by atoms with van der Waals surface area (Å²) in [4.78, 5) is 30.2. The summed E-state index contributed by atoms with van der Waals surface area (Å²) in [5, 5.41) is 5.48. The fourth-order valence-corrected chi connectivity index (χ4v) is 2.54. The second-order valence-electron chi connectivity index (χ2n) is 5.75. The molecule has 0 saturated carbocycles. The quantitative estimate of drug-likeness (QED) is 0.869. The van der Waals surface area contributed by atoms with E-state index in [2.05, 4.69) is 15.6 Å². The first-order valence-corrected chi connectivity index (χ1v) is 7.98. The number of hydrogen-bond acceptors (Lipinski definition) is 4. The highest BCUT2D eigenvalue weighted by molar-refractivity contribution is 5.94. The lowest BCUT2D eigenvalue weighted by atomic mass is 10.1. The fourth-order valence-electron chi connectivity index (χ4n) is 2.54. The monoisotopic (exact) mass is 320 g/mol. The largest absolute Gasteiger partial charge is 0.487 e. The topological polar surface area (TPSA) is 83.6 Å². The third-order valence-electron chi connectivity index (χ3n) is 3.61. The number of carbonyl (C=O) groups excluding carboxylic acids is 2. The fraction of sp³-hybridized carbons (Fsp3) is 0.562. The molecule has 0 spiro atoms. The maximum absolute atomic E-state index is 12.2. The van der Waals surface area contributed by atoms with Crippen molar-refractivity contribution >= 4 is 17.6 Å². The molecule has 0 aliphatic carbocycles. The van der Waals surface area contributed by atoms with E-state index in [0.717, 1.165) is 13.0 Å². The SMILES string of the molecule is CCN1CCCC(NC(=O)Nc2ccncc2OC(C)C)C1=O. The summed E-state index contributed by atoms with van der Waals surface area (Å²) >= 11 is 0. The van der Waals surface area contributed by atoms with E-state index in [1.807, 2.05) is 20.8 Å². The van der Waals surface area contributed by atoms with Crippen molar-refractivity contribution in [3.05, 3.63) is 18.5 Å². The van der Waals surface area contributed by atoms with Crippen LogP contribution < -0.4 is 15.4 Å². The Morgan fingerprint density at radius 3 is 3.00 bits per heavy atom. The van der Waals surface area contributed by atoms with E-state index in [0.29, 0.717) is 24.4 Å². The van der Waals surface area contributed by atoms with Crippen molar-refractivity contribution in [1.29, 1.82) is 0 Å². The van der Waals surface area contributed by atoms with Crippen molar-refractivity contribution < 1.29 is 14.3 Å². The summed E-state index contributed by atoms with van der Waals surface area (Å²) in [6, 6.07) is 0.777. The van der Waals surface area contributed by atoms with Gasteiger partial charge in [-0.15, -0.1) is 0 Å². The molecule has 7 nitrogen and oxygen atoms in total. The number of pyridine rings is 1. The minimum atomic E-state index is -0.472. The van der Waals surface area contributed by atoms with Gasteiger partial charge in [-0.05, 0) is 39.7 Å². The summed E-state index contributed by atoms with van der Waals surface area (Å²) in [6.07, 6.45) is 4.66. The molecule has 1 atom stereocenters. The first-order chi connectivity index (χ1) is 11.0. The van der Waals surface area contributed by atoms with Crippen LogP contribution in [0.3, 0.4) is 0 Å². The van der Waals surface area contributed by atoms with Gasteiger partial charge in [0, 0.05) is 19.3 Å². The van der Waals surface area contributed by atoms with Crippen molar-refractivity contribution in [2.24, 2.45) is 0 Å². The standard InChI is InChI=1S/C16H24N4O3/c1-4-20-9-5-6-13(15(20)21)19-16(22)18-12-7-8-17-10-14(12)23-11(2)3/h7-8,10-11,13H,4-6,9H2,1-3H3,(H2,17,18,19,22). The summed E-state index contributed by atoms with van der Waals surface area (Å²) in [5.41, 5.74) is 0.529. The number of anilines is 1. The van der Waals surface area contributed by atoms with Gasteiger partial charge < -0.3 is 20.3 Å². The summed E-state index contributed by atoms with van der Waals surface area (Å²) in [5.74, 6) is 0.477. The minimum Gasteiger partial charge on any atom is -0.487 e. The zero-order valence-corrected chi connectivity index (χ0v) is 13.8. The van der Waals surface area contributed by atoms with Crippen LogP contribution in [-0.4, -0.2) is 47.1 Å². The first kappa shape index (κ1) is 17.1. The predicted molar refractivity (Wildman–Crippen MR) is 87.4 cm³/mol. The van der Waals surface area contributed by atoms with E-state index in [1.165, 1.54) is 0 Å². The summed E-state index contributed by atoms with van der Waals surface area (Å²) in [6.45, 7) is 7.15. The lowest BCUT2D eigenvalue weighted by Gasteiger charge is -2.31. The van der Waals surface area contributed by atoms with Crippen LogP contribution >= 0.6 is 0 Å². The second kappa shape index (κ2) is 7.80. The number of nitrogens with one attached hydrogen (secondary N) is 2. The number of urea groups is 1. The highest BCUT2D eigenvalue weighted by Gasteiger charge is 2.29. The van der Waals surface area contributed by atoms with Gasteiger partial charge in [0.25, 0.3) is 0 Å². The molecule has 1 saturated heterocycles. The molecular weight excluding hydrogens is 296 g/mol. The first-order valence-electron chi connectivity index (χ1n) is 7.98. The van der Waals surface area contributed by atoms with Crippen molar-refractivity contribution in [2.45, 2.75) is 45.8 Å². The molecule has 1 aromatic rings. The number of ether oxygens (including phenoxy) is 1. The third kappa shape index (κ3) is 4.58. The Balaban J connectivity index is 1.98. The number of likely N-dealkylation sites (tertiary alicyclic amines) is 1. The highest BCUT2D eigenvalue weighted by Crippen LogP contribution is 2.23. The highest BCUT2D eigenvalue weighted by atomic mass is 16.5. The minimum absolute atomic E-state index is 0.0257. The summed E-state index contributed by atoms with van der Waals surface area (Å²) in [7, 11) is 0. The van der Waals surface area contributed by atoms with Crippen molar-refractivity contribution in [1.82, 2.24) is 15.2 Å². The van der Waals surface area contributed by atoms with Gasteiger partial charge >= 0.3 is 6.03 Å². The Bertz CT molecular complexity index is 562. The lowest BCUT2D eigenvalue weighted by molar-refractivity contribution is -0.135. The Morgan fingerprint density at radius 1 is 1.52 bits per heavy atom. The van der Waals surface area contributed by atoms with E-state index in [9.17, 15) is 9.59 Å². The Hall–Kier alpha value is -2.31. The van der Waals surface area contributed by atoms with Crippen LogP contribution in [0.1, 0.15) is 33.6 Å².